The quantitative estimate of drug-likeness (QED) is 0.519. The van der Waals surface area contributed by atoms with Gasteiger partial charge in [-0.3, -0.25) is 9.59 Å². The summed E-state index contributed by atoms with van der Waals surface area (Å²) in [7, 11) is 0. The third kappa shape index (κ3) is 5.30. The van der Waals surface area contributed by atoms with Crippen LogP contribution >= 0.6 is 11.6 Å². The van der Waals surface area contributed by atoms with Crippen molar-refractivity contribution in [3.63, 3.8) is 0 Å². The van der Waals surface area contributed by atoms with Crippen LogP contribution in [0.15, 0.2) is 48.5 Å². The lowest BCUT2D eigenvalue weighted by molar-refractivity contribution is -0.130. The number of nitrogens with zero attached hydrogens (tertiary/aromatic N) is 4. The lowest BCUT2D eigenvalue weighted by Crippen LogP contribution is -2.45. The summed E-state index contributed by atoms with van der Waals surface area (Å²) in [5, 5.41) is 4.47. The molecule has 5 rings (SSSR count). The second kappa shape index (κ2) is 10.0. The van der Waals surface area contributed by atoms with E-state index in [4.69, 9.17) is 21.6 Å². The van der Waals surface area contributed by atoms with Gasteiger partial charge in [-0.2, -0.15) is 0 Å². The van der Waals surface area contributed by atoms with Gasteiger partial charge >= 0.3 is 0 Å². The highest BCUT2D eigenvalue weighted by molar-refractivity contribution is 6.30. The largest absolute Gasteiger partial charge is 0.341 e. The minimum atomic E-state index is -0.214. The van der Waals surface area contributed by atoms with E-state index in [9.17, 15) is 9.59 Å². The number of carbonyl (C=O) groups excluding carboxylic acids is 2. The molecule has 180 valence electrons. The van der Waals surface area contributed by atoms with Crippen molar-refractivity contribution in [2.75, 3.05) is 29.9 Å². The second-order valence-electron chi connectivity index (χ2n) is 9.12. The fourth-order valence-electron chi connectivity index (χ4n) is 4.85. The zero-order valence-electron chi connectivity index (χ0n) is 19.7. The number of aromatic nitrogens is 2. The molecule has 2 fully saturated rings. The molecule has 2 saturated heterocycles. The van der Waals surface area contributed by atoms with Crippen LogP contribution in [0.2, 0.25) is 5.02 Å². The number of carbonyl (C=O) groups is 2. The number of benzene rings is 2. The standard InChI is InChI=1S/C27H28ClN5O2/c1-18-23-17-21(30-25(34)11-6-19-4-7-20(28)8-5-19)9-10-24(23)31-27(29-18)32-15-12-22(13-16-32)33-14-2-3-26(33)35/h4-11,17,22H,2-3,12-16H2,1H3,(H,30,34)/b11-6+. The molecular weight excluding hydrogens is 462 g/mol. The van der Waals surface area contributed by atoms with Gasteiger partial charge in [0.15, 0.2) is 0 Å². The highest BCUT2D eigenvalue weighted by Gasteiger charge is 2.31. The van der Waals surface area contributed by atoms with E-state index in [-0.39, 0.29) is 5.91 Å². The van der Waals surface area contributed by atoms with Crippen LogP contribution in [0.5, 0.6) is 0 Å². The summed E-state index contributed by atoms with van der Waals surface area (Å²) >= 11 is 5.90. The van der Waals surface area contributed by atoms with E-state index in [0.29, 0.717) is 29.1 Å². The average Bonchev–Trinajstić information content (AvgIpc) is 3.30. The normalized spacial score (nSPS) is 17.0. The number of piperidine rings is 1. The molecule has 2 aliphatic heterocycles. The summed E-state index contributed by atoms with van der Waals surface area (Å²) in [6.07, 6.45) is 6.80. The highest BCUT2D eigenvalue weighted by atomic mass is 35.5. The SMILES string of the molecule is Cc1nc(N2CCC(N3CCCC3=O)CC2)nc2ccc(NC(=O)/C=C/c3ccc(Cl)cc3)cc12. The van der Waals surface area contributed by atoms with Gasteiger partial charge in [-0.05, 0) is 68.2 Å². The number of anilines is 2. The molecule has 1 N–H and O–H groups in total. The van der Waals surface area contributed by atoms with Crippen molar-refractivity contribution in [3.8, 4) is 0 Å². The number of hydrogen-bond donors (Lipinski definition) is 1. The Morgan fingerprint density at radius 1 is 1.09 bits per heavy atom. The van der Waals surface area contributed by atoms with Crippen molar-refractivity contribution in [3.05, 3.63) is 64.8 Å². The maximum Gasteiger partial charge on any atom is 0.248 e. The van der Waals surface area contributed by atoms with Crippen LogP contribution in [-0.2, 0) is 9.59 Å². The Balaban J connectivity index is 1.25. The second-order valence-corrected chi connectivity index (χ2v) is 9.56. The van der Waals surface area contributed by atoms with E-state index >= 15 is 0 Å². The number of fused-ring (bicyclic) bond motifs is 1. The molecule has 0 atom stereocenters. The maximum absolute atomic E-state index is 12.4. The molecular formula is C27H28ClN5O2. The van der Waals surface area contributed by atoms with Crippen LogP contribution in [0.1, 0.15) is 36.9 Å². The summed E-state index contributed by atoms with van der Waals surface area (Å²) < 4.78 is 0. The minimum absolute atomic E-state index is 0.214. The number of aryl methyl sites for hydroxylation is 1. The molecule has 35 heavy (non-hydrogen) atoms. The molecule has 8 heteroatoms. The van der Waals surface area contributed by atoms with Gasteiger partial charge in [0.05, 0.1) is 11.2 Å². The van der Waals surface area contributed by atoms with E-state index in [1.54, 1.807) is 18.2 Å². The Morgan fingerprint density at radius 3 is 2.57 bits per heavy atom. The number of likely N-dealkylation sites (tertiary alicyclic amines) is 1. The van der Waals surface area contributed by atoms with Crippen LogP contribution in [0.3, 0.4) is 0 Å². The summed E-state index contributed by atoms with van der Waals surface area (Å²) in [6.45, 7) is 4.54. The zero-order valence-corrected chi connectivity index (χ0v) is 20.5. The van der Waals surface area contributed by atoms with Crippen molar-refractivity contribution in [1.29, 1.82) is 0 Å². The summed E-state index contributed by atoms with van der Waals surface area (Å²) in [5.74, 6) is 0.808. The fourth-order valence-corrected chi connectivity index (χ4v) is 4.97. The maximum atomic E-state index is 12.4. The van der Waals surface area contributed by atoms with Gasteiger partial charge in [0.1, 0.15) is 0 Å². The molecule has 0 unspecified atom stereocenters. The number of nitrogens with one attached hydrogen (secondary N) is 1. The van der Waals surface area contributed by atoms with Crippen LogP contribution in [-0.4, -0.2) is 52.4 Å². The Kier molecular flexibility index (Phi) is 6.68. The van der Waals surface area contributed by atoms with Gasteiger partial charge in [-0.1, -0.05) is 23.7 Å². The molecule has 3 heterocycles. The summed E-state index contributed by atoms with van der Waals surface area (Å²) in [6, 6.07) is 13.3. The Morgan fingerprint density at radius 2 is 1.86 bits per heavy atom. The zero-order chi connectivity index (χ0) is 24.4. The molecule has 0 saturated carbocycles. The van der Waals surface area contributed by atoms with Crippen molar-refractivity contribution >= 4 is 52.0 Å². The number of rotatable bonds is 5. The van der Waals surface area contributed by atoms with Gasteiger partial charge in [-0.25, -0.2) is 9.97 Å². The third-order valence-corrected chi connectivity index (χ3v) is 6.99. The lowest BCUT2D eigenvalue weighted by atomic mass is 10.0. The van der Waals surface area contributed by atoms with Crippen molar-refractivity contribution in [2.24, 2.45) is 0 Å². The van der Waals surface area contributed by atoms with E-state index in [2.05, 4.69) is 15.1 Å². The first-order valence-electron chi connectivity index (χ1n) is 12.0. The van der Waals surface area contributed by atoms with Crippen LogP contribution < -0.4 is 10.2 Å². The van der Waals surface area contributed by atoms with E-state index in [1.165, 1.54) is 6.08 Å². The molecule has 0 spiro atoms. The average molecular weight is 490 g/mol. The molecule has 2 aliphatic rings. The Hall–Kier alpha value is -3.45. The van der Waals surface area contributed by atoms with E-state index in [0.717, 1.165) is 67.0 Å². The topological polar surface area (TPSA) is 78.4 Å². The van der Waals surface area contributed by atoms with E-state index < -0.39 is 0 Å². The van der Waals surface area contributed by atoms with Crippen LogP contribution in [0.25, 0.3) is 17.0 Å². The minimum Gasteiger partial charge on any atom is -0.341 e. The first-order chi connectivity index (χ1) is 17.0. The fraction of sp³-hybridized carbons (Fsp3) is 0.333. The Bertz CT molecular complexity index is 1280. The Labute approximate surface area is 209 Å². The monoisotopic (exact) mass is 489 g/mol. The molecule has 7 nitrogen and oxygen atoms in total. The summed E-state index contributed by atoms with van der Waals surface area (Å²) in [4.78, 5) is 38.3. The van der Waals surface area contributed by atoms with E-state index in [1.807, 2.05) is 37.3 Å². The highest BCUT2D eigenvalue weighted by Crippen LogP contribution is 2.27. The molecule has 2 amide bonds. The predicted molar refractivity (Wildman–Crippen MR) is 140 cm³/mol. The first kappa shape index (κ1) is 23.3. The van der Waals surface area contributed by atoms with Crippen LogP contribution in [0, 0.1) is 6.92 Å². The lowest BCUT2D eigenvalue weighted by Gasteiger charge is -2.36. The van der Waals surface area contributed by atoms with Gasteiger partial charge in [0, 0.05) is 54.3 Å². The first-order valence-corrected chi connectivity index (χ1v) is 12.4. The molecule has 1 aromatic heterocycles. The molecule has 0 radical (unpaired) electrons. The van der Waals surface area contributed by atoms with Crippen molar-refractivity contribution < 1.29 is 9.59 Å². The van der Waals surface area contributed by atoms with Gasteiger partial charge in [-0.15, -0.1) is 0 Å². The van der Waals surface area contributed by atoms with Crippen LogP contribution in [0.4, 0.5) is 11.6 Å². The number of hydrogen-bond acceptors (Lipinski definition) is 5. The molecule has 0 aliphatic carbocycles. The third-order valence-electron chi connectivity index (χ3n) is 6.74. The van der Waals surface area contributed by atoms with Crippen molar-refractivity contribution in [2.45, 2.75) is 38.6 Å². The number of halogens is 1. The smallest absolute Gasteiger partial charge is 0.248 e. The molecule has 3 aromatic rings. The van der Waals surface area contributed by atoms with Gasteiger partial charge in [0.2, 0.25) is 17.8 Å². The predicted octanol–water partition coefficient (Wildman–Crippen LogP) is 4.83. The molecule has 0 bridgehead atoms. The summed E-state index contributed by atoms with van der Waals surface area (Å²) in [5.41, 5.74) is 3.31. The van der Waals surface area contributed by atoms with Crippen molar-refractivity contribution in [1.82, 2.24) is 14.9 Å². The molecule has 2 aromatic carbocycles. The number of amides is 2. The van der Waals surface area contributed by atoms with Gasteiger partial charge in [0.25, 0.3) is 0 Å². The van der Waals surface area contributed by atoms with Gasteiger partial charge < -0.3 is 15.1 Å².